The minimum Gasteiger partial charge on any atom is -0.490 e. The van der Waals surface area contributed by atoms with Crippen LogP contribution in [0.4, 0.5) is 4.39 Å². The van der Waals surface area contributed by atoms with Gasteiger partial charge in [-0.2, -0.15) is 0 Å². The van der Waals surface area contributed by atoms with E-state index in [9.17, 15) is 14.7 Å². The molecule has 0 atom stereocenters. The number of aromatic carboxylic acids is 1. The number of carbonyl (C=O) groups excluding carboxylic acids is 1. The van der Waals surface area contributed by atoms with Crippen LogP contribution < -0.4 is 9.47 Å². The summed E-state index contributed by atoms with van der Waals surface area (Å²) in [4.78, 5) is 38.2. The number of carboxylic acids is 1. The van der Waals surface area contributed by atoms with Crippen LogP contribution in [0.25, 0.3) is 22.0 Å². The summed E-state index contributed by atoms with van der Waals surface area (Å²) in [6.07, 6.45) is 5.56. The number of ether oxygens (including phenoxy) is 2. The topological polar surface area (TPSA) is 116 Å². The fourth-order valence-corrected chi connectivity index (χ4v) is 4.72. The van der Waals surface area contributed by atoms with Crippen molar-refractivity contribution in [1.29, 1.82) is 0 Å². The SMILES string of the molecule is Cc1ccnc(Oc2ccc(-c3cn4c5c(cnc(C(=O)c6ccccc6C(=O)O)c35)OCCC4)cc2F)n1. The van der Waals surface area contributed by atoms with Crippen molar-refractivity contribution in [3.63, 3.8) is 0 Å². The third-order valence-corrected chi connectivity index (χ3v) is 6.49. The van der Waals surface area contributed by atoms with Crippen LogP contribution in [-0.2, 0) is 6.54 Å². The molecule has 5 aromatic rings. The van der Waals surface area contributed by atoms with Crippen molar-refractivity contribution in [3.8, 4) is 28.6 Å². The first-order chi connectivity index (χ1) is 18.9. The number of rotatable bonds is 6. The van der Waals surface area contributed by atoms with E-state index in [1.54, 1.807) is 31.2 Å². The van der Waals surface area contributed by atoms with Gasteiger partial charge < -0.3 is 19.1 Å². The lowest BCUT2D eigenvalue weighted by atomic mass is 9.96. The van der Waals surface area contributed by atoms with Gasteiger partial charge in [-0.25, -0.2) is 24.1 Å². The van der Waals surface area contributed by atoms with Crippen molar-refractivity contribution in [3.05, 3.63) is 95.5 Å². The Kier molecular flexibility index (Phi) is 5.99. The fourth-order valence-electron chi connectivity index (χ4n) is 4.72. The van der Waals surface area contributed by atoms with E-state index in [0.29, 0.717) is 46.6 Å². The molecule has 0 spiro atoms. The zero-order chi connectivity index (χ0) is 27.1. The molecule has 0 saturated heterocycles. The predicted molar refractivity (Wildman–Crippen MR) is 139 cm³/mol. The quantitative estimate of drug-likeness (QED) is 0.292. The Morgan fingerprint density at radius 3 is 2.69 bits per heavy atom. The number of carboxylic acid groups (broad SMARTS) is 1. The van der Waals surface area contributed by atoms with E-state index < -0.39 is 17.6 Å². The van der Waals surface area contributed by atoms with Gasteiger partial charge in [0.25, 0.3) is 0 Å². The van der Waals surface area contributed by atoms with E-state index >= 15 is 4.39 Å². The van der Waals surface area contributed by atoms with Crippen LogP contribution in [-0.4, -0.2) is 43.0 Å². The molecular formula is C29H21FN4O5. The standard InChI is InChI=1S/C29H21FN4O5/c1-16-9-10-31-29(33-16)39-22-8-7-17(13-21(22)30)20-15-34-11-4-12-38-23-14-32-25(24(20)26(23)34)27(35)18-5-2-3-6-19(18)28(36)37/h2-3,5-10,13-15H,4,11-12H2,1H3,(H,36,37). The summed E-state index contributed by atoms with van der Waals surface area (Å²) < 4.78 is 28.7. The van der Waals surface area contributed by atoms with Crippen LogP contribution in [0.5, 0.6) is 17.5 Å². The summed E-state index contributed by atoms with van der Waals surface area (Å²) in [5.41, 5.74) is 2.28. The van der Waals surface area contributed by atoms with Crippen LogP contribution >= 0.6 is 0 Å². The van der Waals surface area contributed by atoms with Crippen molar-refractivity contribution in [2.75, 3.05) is 6.61 Å². The average molecular weight is 525 g/mol. The van der Waals surface area contributed by atoms with Crippen molar-refractivity contribution in [2.45, 2.75) is 19.9 Å². The number of aryl methyl sites for hydroxylation is 2. The smallest absolute Gasteiger partial charge is 0.336 e. The average Bonchev–Trinajstić information content (AvgIpc) is 3.19. The monoisotopic (exact) mass is 524 g/mol. The first-order valence-electron chi connectivity index (χ1n) is 12.2. The van der Waals surface area contributed by atoms with Crippen LogP contribution in [0.3, 0.4) is 0 Å². The van der Waals surface area contributed by atoms with E-state index in [2.05, 4.69) is 15.0 Å². The minimum atomic E-state index is -1.22. The van der Waals surface area contributed by atoms with E-state index in [0.717, 1.165) is 6.42 Å². The van der Waals surface area contributed by atoms with Gasteiger partial charge in [0.05, 0.1) is 23.9 Å². The zero-order valence-corrected chi connectivity index (χ0v) is 20.7. The molecule has 0 fully saturated rings. The lowest BCUT2D eigenvalue weighted by Crippen LogP contribution is -2.11. The Morgan fingerprint density at radius 1 is 1.10 bits per heavy atom. The fraction of sp³-hybridized carbons (Fsp3) is 0.138. The molecule has 1 aliphatic heterocycles. The van der Waals surface area contributed by atoms with E-state index in [1.165, 1.54) is 36.7 Å². The predicted octanol–water partition coefficient (Wildman–Crippen LogP) is 5.44. The first-order valence-corrected chi connectivity index (χ1v) is 12.2. The molecule has 4 heterocycles. The van der Waals surface area contributed by atoms with Gasteiger partial charge in [0.15, 0.2) is 17.3 Å². The number of aromatic nitrogens is 4. The van der Waals surface area contributed by atoms with E-state index in [-0.39, 0.29) is 28.6 Å². The molecule has 9 nitrogen and oxygen atoms in total. The van der Waals surface area contributed by atoms with Crippen LogP contribution in [0, 0.1) is 12.7 Å². The van der Waals surface area contributed by atoms with Crippen LogP contribution in [0.15, 0.2) is 67.1 Å². The molecule has 0 amide bonds. The summed E-state index contributed by atoms with van der Waals surface area (Å²) >= 11 is 0. The number of pyridine rings is 1. The molecule has 194 valence electrons. The number of hydrogen-bond acceptors (Lipinski definition) is 7. The zero-order valence-electron chi connectivity index (χ0n) is 20.7. The maximum absolute atomic E-state index is 15.3. The molecule has 10 heteroatoms. The Labute approximate surface area is 221 Å². The summed E-state index contributed by atoms with van der Waals surface area (Å²) in [7, 11) is 0. The highest BCUT2D eigenvalue weighted by Crippen LogP contribution is 2.40. The molecule has 0 bridgehead atoms. The minimum absolute atomic E-state index is 0.00845. The highest BCUT2D eigenvalue weighted by Gasteiger charge is 2.27. The summed E-state index contributed by atoms with van der Waals surface area (Å²) in [6.45, 7) is 2.87. The highest BCUT2D eigenvalue weighted by molar-refractivity contribution is 6.21. The number of ketones is 1. The van der Waals surface area contributed by atoms with Gasteiger partial charge in [-0.3, -0.25) is 4.79 Å². The Bertz CT molecular complexity index is 1780. The summed E-state index contributed by atoms with van der Waals surface area (Å²) in [5, 5.41) is 10.1. The molecule has 1 aliphatic rings. The lowest BCUT2D eigenvalue weighted by molar-refractivity contribution is 0.0692. The lowest BCUT2D eigenvalue weighted by Gasteiger charge is -2.11. The molecule has 0 radical (unpaired) electrons. The van der Waals surface area contributed by atoms with Gasteiger partial charge in [0, 0.05) is 41.1 Å². The van der Waals surface area contributed by atoms with Crippen LogP contribution in [0.1, 0.15) is 38.5 Å². The Balaban J connectivity index is 1.51. The molecule has 39 heavy (non-hydrogen) atoms. The van der Waals surface area contributed by atoms with E-state index in [1.807, 2.05) is 10.8 Å². The van der Waals surface area contributed by atoms with Gasteiger partial charge >= 0.3 is 12.0 Å². The molecule has 0 unspecified atom stereocenters. The maximum Gasteiger partial charge on any atom is 0.336 e. The van der Waals surface area contributed by atoms with Crippen molar-refractivity contribution in [1.82, 2.24) is 19.5 Å². The normalized spacial score (nSPS) is 12.6. The molecule has 2 aromatic carbocycles. The molecule has 6 rings (SSSR count). The third kappa shape index (κ3) is 4.35. The van der Waals surface area contributed by atoms with Crippen molar-refractivity contribution >= 4 is 22.7 Å². The van der Waals surface area contributed by atoms with Crippen LogP contribution in [0.2, 0.25) is 0 Å². The van der Waals surface area contributed by atoms with E-state index in [4.69, 9.17) is 9.47 Å². The first kappa shape index (κ1) is 24.2. The van der Waals surface area contributed by atoms with Crippen molar-refractivity contribution < 1.29 is 28.6 Å². The number of carbonyl (C=O) groups is 2. The van der Waals surface area contributed by atoms with Gasteiger partial charge in [0.2, 0.25) is 5.78 Å². The molecule has 0 saturated carbocycles. The molecular weight excluding hydrogens is 503 g/mol. The van der Waals surface area contributed by atoms with Gasteiger partial charge in [0.1, 0.15) is 5.69 Å². The number of nitrogens with zero attached hydrogens (tertiary/aromatic N) is 4. The second kappa shape index (κ2) is 9.64. The maximum atomic E-state index is 15.3. The Morgan fingerprint density at radius 2 is 1.92 bits per heavy atom. The molecule has 3 aromatic heterocycles. The molecule has 0 aliphatic carbocycles. The third-order valence-electron chi connectivity index (χ3n) is 6.49. The number of benzene rings is 2. The number of halogens is 1. The second-order valence-corrected chi connectivity index (χ2v) is 9.04. The van der Waals surface area contributed by atoms with Crippen molar-refractivity contribution in [2.24, 2.45) is 0 Å². The number of hydrogen-bond donors (Lipinski definition) is 1. The summed E-state index contributed by atoms with van der Waals surface area (Å²) in [6, 6.07) is 12.2. The van der Waals surface area contributed by atoms with Gasteiger partial charge in [-0.15, -0.1) is 0 Å². The van der Waals surface area contributed by atoms with Gasteiger partial charge in [-0.1, -0.05) is 24.3 Å². The second-order valence-electron chi connectivity index (χ2n) is 9.04. The Hall–Kier alpha value is -5.12. The largest absolute Gasteiger partial charge is 0.490 e. The summed E-state index contributed by atoms with van der Waals surface area (Å²) in [5.74, 6) is -1.98. The highest BCUT2D eigenvalue weighted by atomic mass is 19.1. The molecule has 1 N–H and O–H groups in total. The van der Waals surface area contributed by atoms with Gasteiger partial charge in [-0.05, 0) is 43.2 Å².